The number of hydrogen-bond acceptors (Lipinski definition) is 2. The second-order valence-electron chi connectivity index (χ2n) is 5.54. The first-order valence-electron chi connectivity index (χ1n) is 7.52. The highest BCUT2D eigenvalue weighted by atomic mass is 19.4. The van der Waals surface area contributed by atoms with Gasteiger partial charge in [-0.05, 0) is 43.2 Å². The molecule has 0 heterocycles. The van der Waals surface area contributed by atoms with Crippen LogP contribution in [-0.4, -0.2) is 24.1 Å². The van der Waals surface area contributed by atoms with E-state index in [1.54, 1.807) is 13.0 Å². The minimum Gasteiger partial charge on any atom is -0.274 e. The molecule has 0 spiro atoms. The molecule has 0 aliphatic rings. The molecule has 1 atom stereocenters. The van der Waals surface area contributed by atoms with Gasteiger partial charge in [-0.1, -0.05) is 24.3 Å². The maximum Gasteiger partial charge on any atom is 0.417 e. The number of nitrogens with zero attached hydrogens (tertiary/aromatic N) is 1. The lowest BCUT2D eigenvalue weighted by atomic mass is 10.0. The van der Waals surface area contributed by atoms with Crippen molar-refractivity contribution in [1.29, 1.82) is 0 Å². The predicted octanol–water partition coefficient (Wildman–Crippen LogP) is 4.48. The molecule has 0 unspecified atom stereocenters. The van der Waals surface area contributed by atoms with E-state index in [1.807, 2.05) is 0 Å². The number of carbonyl (C=O) groups excluding carboxylic acids is 1. The Hall–Kier alpha value is -2.41. The average molecular weight is 355 g/mol. The van der Waals surface area contributed by atoms with E-state index in [9.17, 15) is 22.4 Å². The number of alkyl halides is 3. The van der Waals surface area contributed by atoms with Crippen molar-refractivity contribution in [2.45, 2.75) is 25.6 Å². The van der Waals surface area contributed by atoms with Crippen LogP contribution in [0, 0.1) is 5.82 Å². The molecule has 0 radical (unpaired) electrons. The van der Waals surface area contributed by atoms with Crippen LogP contribution >= 0.6 is 0 Å². The second kappa shape index (κ2) is 7.65. The zero-order chi connectivity index (χ0) is 18.6. The van der Waals surface area contributed by atoms with Crippen molar-refractivity contribution in [3.8, 4) is 0 Å². The molecule has 0 saturated heterocycles. The molecular formula is C18H17F4NO2. The van der Waals surface area contributed by atoms with Gasteiger partial charge in [0, 0.05) is 0 Å². The van der Waals surface area contributed by atoms with Gasteiger partial charge in [-0.25, -0.2) is 9.45 Å². The van der Waals surface area contributed by atoms with E-state index in [2.05, 4.69) is 0 Å². The summed E-state index contributed by atoms with van der Waals surface area (Å²) >= 11 is 0. The van der Waals surface area contributed by atoms with Gasteiger partial charge in [-0.2, -0.15) is 13.2 Å². The van der Waals surface area contributed by atoms with Crippen LogP contribution in [0.15, 0.2) is 48.5 Å². The van der Waals surface area contributed by atoms with Crippen molar-refractivity contribution in [1.82, 2.24) is 5.06 Å². The summed E-state index contributed by atoms with van der Waals surface area (Å²) in [4.78, 5) is 17.6. The molecule has 7 heteroatoms. The molecule has 1 amide bonds. The van der Waals surface area contributed by atoms with Crippen molar-refractivity contribution < 1.29 is 27.2 Å². The van der Waals surface area contributed by atoms with E-state index in [-0.39, 0.29) is 6.42 Å². The number of hydrogen-bond donors (Lipinski definition) is 0. The molecule has 0 saturated carbocycles. The smallest absolute Gasteiger partial charge is 0.274 e. The van der Waals surface area contributed by atoms with Crippen molar-refractivity contribution in [3.05, 3.63) is 71.0 Å². The monoisotopic (exact) mass is 355 g/mol. The number of benzene rings is 2. The Kier molecular flexibility index (Phi) is 5.79. The SMILES string of the molecule is CON(C(=O)c1ccccc1C(F)(F)F)[C@H](C)Cc1cccc(F)c1. The van der Waals surface area contributed by atoms with Gasteiger partial charge in [0.1, 0.15) is 5.82 Å². The quantitative estimate of drug-likeness (QED) is 0.585. The lowest BCUT2D eigenvalue weighted by Crippen LogP contribution is -2.39. The van der Waals surface area contributed by atoms with Crippen LogP contribution in [0.1, 0.15) is 28.4 Å². The average Bonchev–Trinajstić information content (AvgIpc) is 2.54. The Bertz CT molecular complexity index is 746. The van der Waals surface area contributed by atoms with Gasteiger partial charge in [0.25, 0.3) is 5.91 Å². The van der Waals surface area contributed by atoms with Crippen LogP contribution in [0.4, 0.5) is 17.6 Å². The number of halogens is 4. The number of rotatable bonds is 5. The van der Waals surface area contributed by atoms with Gasteiger partial charge < -0.3 is 0 Å². The Balaban J connectivity index is 2.27. The highest BCUT2D eigenvalue weighted by molar-refractivity contribution is 5.95. The first-order valence-corrected chi connectivity index (χ1v) is 7.52. The summed E-state index contributed by atoms with van der Waals surface area (Å²) in [7, 11) is 1.20. The molecule has 2 rings (SSSR count). The Morgan fingerprint density at radius 1 is 1.16 bits per heavy atom. The van der Waals surface area contributed by atoms with Crippen molar-refractivity contribution in [2.75, 3.05) is 7.11 Å². The largest absolute Gasteiger partial charge is 0.417 e. The number of amides is 1. The number of carbonyl (C=O) groups is 1. The van der Waals surface area contributed by atoms with E-state index in [0.717, 1.165) is 17.2 Å². The molecule has 2 aromatic rings. The zero-order valence-corrected chi connectivity index (χ0v) is 13.7. The molecule has 134 valence electrons. The lowest BCUT2D eigenvalue weighted by Gasteiger charge is -2.27. The van der Waals surface area contributed by atoms with Gasteiger partial charge in [0.05, 0.1) is 24.3 Å². The fourth-order valence-corrected chi connectivity index (χ4v) is 2.59. The van der Waals surface area contributed by atoms with E-state index < -0.39 is 35.1 Å². The van der Waals surface area contributed by atoms with Crippen LogP contribution in [0.25, 0.3) is 0 Å². The molecule has 3 nitrogen and oxygen atoms in total. The van der Waals surface area contributed by atoms with Crippen LogP contribution in [0.2, 0.25) is 0 Å². The zero-order valence-electron chi connectivity index (χ0n) is 13.7. The summed E-state index contributed by atoms with van der Waals surface area (Å²) in [5.74, 6) is -1.33. The molecule has 0 aromatic heterocycles. The van der Waals surface area contributed by atoms with Gasteiger partial charge in [-0.3, -0.25) is 9.63 Å². The van der Waals surface area contributed by atoms with Gasteiger partial charge in [-0.15, -0.1) is 0 Å². The third-order valence-electron chi connectivity index (χ3n) is 3.68. The van der Waals surface area contributed by atoms with Crippen molar-refractivity contribution >= 4 is 5.91 Å². The first kappa shape index (κ1) is 18.9. The normalized spacial score (nSPS) is 12.7. The maximum absolute atomic E-state index is 13.3. The fourth-order valence-electron chi connectivity index (χ4n) is 2.59. The molecule has 0 aliphatic heterocycles. The Morgan fingerprint density at radius 3 is 2.44 bits per heavy atom. The Morgan fingerprint density at radius 2 is 1.84 bits per heavy atom. The second-order valence-corrected chi connectivity index (χ2v) is 5.54. The van der Waals surface area contributed by atoms with E-state index in [0.29, 0.717) is 5.56 Å². The molecule has 0 bridgehead atoms. The van der Waals surface area contributed by atoms with Crippen LogP contribution in [0.3, 0.4) is 0 Å². The van der Waals surface area contributed by atoms with Crippen molar-refractivity contribution in [3.63, 3.8) is 0 Å². The molecule has 0 N–H and O–H groups in total. The summed E-state index contributed by atoms with van der Waals surface area (Å²) < 4.78 is 52.6. The summed E-state index contributed by atoms with van der Waals surface area (Å²) in [6.45, 7) is 1.61. The minimum atomic E-state index is -4.66. The summed E-state index contributed by atoms with van der Waals surface area (Å²) in [5, 5.41) is 0.871. The topological polar surface area (TPSA) is 29.5 Å². The van der Waals surface area contributed by atoms with Crippen molar-refractivity contribution in [2.24, 2.45) is 0 Å². The van der Waals surface area contributed by atoms with Gasteiger partial charge in [0.15, 0.2) is 0 Å². The molecule has 2 aromatic carbocycles. The maximum atomic E-state index is 13.3. The Labute approximate surface area is 142 Å². The predicted molar refractivity (Wildman–Crippen MR) is 84.2 cm³/mol. The van der Waals surface area contributed by atoms with Gasteiger partial charge >= 0.3 is 6.18 Å². The van der Waals surface area contributed by atoms with Crippen LogP contribution in [-0.2, 0) is 17.4 Å². The lowest BCUT2D eigenvalue weighted by molar-refractivity contribution is -0.140. The van der Waals surface area contributed by atoms with Gasteiger partial charge in [0.2, 0.25) is 0 Å². The standard InChI is InChI=1S/C18H17F4NO2/c1-12(10-13-6-5-7-14(19)11-13)23(25-2)17(24)15-8-3-4-9-16(15)18(20,21)22/h3-9,11-12H,10H2,1-2H3/t12-/m1/s1. The van der Waals surface area contributed by atoms with Crippen LogP contribution in [0.5, 0.6) is 0 Å². The molecule has 25 heavy (non-hydrogen) atoms. The highest BCUT2D eigenvalue weighted by Gasteiger charge is 2.36. The first-order chi connectivity index (χ1) is 11.7. The molecule has 0 aliphatic carbocycles. The summed E-state index contributed by atoms with van der Waals surface area (Å²) in [6, 6.07) is 9.70. The highest BCUT2D eigenvalue weighted by Crippen LogP contribution is 2.32. The van der Waals surface area contributed by atoms with E-state index >= 15 is 0 Å². The third-order valence-corrected chi connectivity index (χ3v) is 3.68. The fraction of sp³-hybridized carbons (Fsp3) is 0.278. The molecule has 0 fully saturated rings. The summed E-state index contributed by atoms with van der Waals surface area (Å²) in [5.41, 5.74) is -0.922. The third kappa shape index (κ3) is 4.57. The van der Waals surface area contributed by atoms with E-state index in [4.69, 9.17) is 4.84 Å². The number of hydroxylamine groups is 2. The minimum absolute atomic E-state index is 0.228. The van der Waals surface area contributed by atoms with E-state index in [1.165, 1.54) is 37.4 Å². The molecular weight excluding hydrogens is 338 g/mol. The summed E-state index contributed by atoms with van der Waals surface area (Å²) in [6.07, 6.45) is -4.43. The van der Waals surface area contributed by atoms with Crippen LogP contribution < -0.4 is 0 Å².